The zero-order valence-corrected chi connectivity index (χ0v) is 21.7. The number of hydrogen-bond donors (Lipinski definition) is 1. The van der Waals surface area contributed by atoms with Crippen molar-refractivity contribution in [3.05, 3.63) is 69.8 Å². The predicted octanol–water partition coefficient (Wildman–Crippen LogP) is 5.48. The fraction of sp³-hybridized carbons (Fsp3) is 0.385. The third kappa shape index (κ3) is 3.91. The van der Waals surface area contributed by atoms with Crippen LogP contribution in [0.1, 0.15) is 35.7 Å². The molecule has 1 unspecified atom stereocenters. The highest BCUT2D eigenvalue weighted by atomic mass is 35.5. The molecular formula is C26H29Cl2N3O2S. The zero-order valence-electron chi connectivity index (χ0n) is 19.2. The van der Waals surface area contributed by atoms with E-state index in [2.05, 4.69) is 29.6 Å². The summed E-state index contributed by atoms with van der Waals surface area (Å²) in [5, 5.41) is 5.56. The van der Waals surface area contributed by atoms with Gasteiger partial charge in [0.1, 0.15) is 16.4 Å². The molecule has 1 saturated heterocycles. The number of rotatable bonds is 4. The molecule has 4 aromatic rings. The summed E-state index contributed by atoms with van der Waals surface area (Å²) >= 11 is 1.60. The molecule has 1 aliphatic heterocycles. The molecule has 2 aromatic carbocycles. The normalized spacial score (nSPS) is 20.9. The van der Waals surface area contributed by atoms with Gasteiger partial charge in [-0.15, -0.1) is 36.2 Å². The largest absolute Gasteiger partial charge is 0.496 e. The third-order valence-corrected chi connectivity index (χ3v) is 8.52. The van der Waals surface area contributed by atoms with Crippen molar-refractivity contribution in [3.8, 4) is 5.75 Å². The number of thiophene rings is 1. The Morgan fingerprint density at radius 2 is 2.00 bits per heavy atom. The lowest BCUT2D eigenvalue weighted by Gasteiger charge is -2.32. The molecule has 8 heteroatoms. The van der Waals surface area contributed by atoms with Crippen LogP contribution in [0.5, 0.6) is 5.75 Å². The Kier molecular flexibility index (Phi) is 7.25. The molecule has 1 N–H and O–H groups in total. The number of methoxy groups -OCH3 is 1. The number of nitrogens with zero attached hydrogens (tertiary/aromatic N) is 2. The molecule has 3 atom stereocenters. The van der Waals surface area contributed by atoms with Gasteiger partial charge in [0.25, 0.3) is 5.56 Å². The first kappa shape index (κ1) is 25.0. The van der Waals surface area contributed by atoms with Crippen molar-refractivity contribution in [1.82, 2.24) is 14.9 Å². The summed E-state index contributed by atoms with van der Waals surface area (Å²) in [6.07, 6.45) is 3.18. The van der Waals surface area contributed by atoms with E-state index in [1.165, 1.54) is 17.5 Å². The van der Waals surface area contributed by atoms with Gasteiger partial charge < -0.3 is 10.1 Å². The molecule has 5 nitrogen and oxygen atoms in total. The average Bonchev–Trinajstić information content (AvgIpc) is 3.39. The first-order chi connectivity index (χ1) is 15.7. The van der Waals surface area contributed by atoms with Crippen molar-refractivity contribution >= 4 is 56.5 Å². The van der Waals surface area contributed by atoms with E-state index in [4.69, 9.17) is 9.72 Å². The molecule has 2 aliphatic rings. The second-order valence-corrected chi connectivity index (χ2v) is 10.1. The fourth-order valence-electron chi connectivity index (χ4n) is 5.94. The van der Waals surface area contributed by atoms with Crippen LogP contribution in [0.3, 0.4) is 0 Å². The van der Waals surface area contributed by atoms with Gasteiger partial charge in [-0.1, -0.05) is 30.3 Å². The maximum Gasteiger partial charge on any atom is 0.262 e. The Balaban J connectivity index is 0.00000137. The number of benzene rings is 2. The summed E-state index contributed by atoms with van der Waals surface area (Å²) in [7, 11) is 1.76. The zero-order chi connectivity index (χ0) is 21.8. The van der Waals surface area contributed by atoms with E-state index in [1.807, 2.05) is 29.7 Å². The molecule has 34 heavy (non-hydrogen) atoms. The van der Waals surface area contributed by atoms with Crippen LogP contribution in [0.15, 0.2) is 47.3 Å². The van der Waals surface area contributed by atoms with Gasteiger partial charge in [0.2, 0.25) is 0 Å². The van der Waals surface area contributed by atoms with Crippen LogP contribution in [0, 0.1) is 12.8 Å². The second-order valence-electron chi connectivity index (χ2n) is 9.05. The Labute approximate surface area is 215 Å². The highest BCUT2D eigenvalue weighted by molar-refractivity contribution is 7.25. The van der Waals surface area contributed by atoms with Gasteiger partial charge in [-0.2, -0.15) is 0 Å². The number of ether oxygens (including phenoxy) is 1. The molecule has 0 radical (unpaired) electrons. The summed E-state index contributed by atoms with van der Waals surface area (Å²) in [5.74, 6) is 2.94. The molecule has 0 spiro atoms. The summed E-state index contributed by atoms with van der Waals surface area (Å²) in [4.78, 5) is 19.1. The summed E-state index contributed by atoms with van der Waals surface area (Å²) in [6, 6.07) is 14.9. The quantitative estimate of drug-likeness (QED) is 0.389. The SMILES string of the molecule is COc1cccc2c1CC[C@H]1CNC(CCn3c(C)nc4sc5ccccc5c4c3=O)[C@@H]21.Cl.Cl. The number of nitrogens with one attached hydrogen (secondary N) is 1. The number of hydrogen-bond acceptors (Lipinski definition) is 5. The van der Waals surface area contributed by atoms with E-state index in [9.17, 15) is 4.79 Å². The van der Waals surface area contributed by atoms with E-state index >= 15 is 0 Å². The number of aromatic nitrogens is 2. The van der Waals surface area contributed by atoms with Gasteiger partial charge in [0, 0.05) is 28.6 Å². The topological polar surface area (TPSA) is 56.1 Å². The van der Waals surface area contributed by atoms with Crippen molar-refractivity contribution in [3.63, 3.8) is 0 Å². The van der Waals surface area contributed by atoms with Crippen LogP contribution in [0.2, 0.25) is 0 Å². The highest BCUT2D eigenvalue weighted by Gasteiger charge is 2.40. The minimum atomic E-state index is 0. The maximum atomic E-state index is 13.5. The molecule has 2 aromatic heterocycles. The van der Waals surface area contributed by atoms with Gasteiger partial charge in [-0.05, 0) is 61.9 Å². The van der Waals surface area contributed by atoms with Crippen LogP contribution in [-0.2, 0) is 13.0 Å². The first-order valence-electron chi connectivity index (χ1n) is 11.4. The van der Waals surface area contributed by atoms with Gasteiger partial charge in [0.15, 0.2) is 0 Å². The lowest BCUT2D eigenvalue weighted by atomic mass is 9.73. The minimum absolute atomic E-state index is 0. The Morgan fingerprint density at radius 3 is 2.82 bits per heavy atom. The van der Waals surface area contributed by atoms with Gasteiger partial charge >= 0.3 is 0 Å². The van der Waals surface area contributed by atoms with Crippen LogP contribution >= 0.6 is 36.2 Å². The molecule has 6 rings (SSSR count). The van der Waals surface area contributed by atoms with Gasteiger partial charge in [-0.25, -0.2) is 4.98 Å². The number of fused-ring (bicyclic) bond motifs is 6. The molecule has 1 fully saturated rings. The van der Waals surface area contributed by atoms with Crippen LogP contribution in [-0.4, -0.2) is 29.2 Å². The molecule has 0 bridgehead atoms. The van der Waals surface area contributed by atoms with Crippen molar-refractivity contribution in [2.24, 2.45) is 5.92 Å². The van der Waals surface area contributed by atoms with E-state index in [1.54, 1.807) is 18.4 Å². The molecule has 0 saturated carbocycles. The van der Waals surface area contributed by atoms with Crippen LogP contribution in [0.4, 0.5) is 0 Å². The summed E-state index contributed by atoms with van der Waals surface area (Å²) in [6.45, 7) is 3.68. The maximum absolute atomic E-state index is 13.5. The van der Waals surface area contributed by atoms with Crippen LogP contribution in [0.25, 0.3) is 20.3 Å². The average molecular weight is 519 g/mol. The van der Waals surface area contributed by atoms with Crippen molar-refractivity contribution < 1.29 is 4.74 Å². The minimum Gasteiger partial charge on any atom is -0.496 e. The lowest BCUT2D eigenvalue weighted by Crippen LogP contribution is -2.32. The third-order valence-electron chi connectivity index (χ3n) is 7.45. The highest BCUT2D eigenvalue weighted by Crippen LogP contribution is 2.45. The Bertz CT molecular complexity index is 1400. The van der Waals surface area contributed by atoms with E-state index in [-0.39, 0.29) is 30.4 Å². The Morgan fingerprint density at radius 1 is 1.18 bits per heavy atom. The van der Waals surface area contributed by atoms with Crippen molar-refractivity contribution in [2.75, 3.05) is 13.7 Å². The number of aryl methyl sites for hydroxylation is 1. The molecular weight excluding hydrogens is 489 g/mol. The van der Waals surface area contributed by atoms with E-state index in [0.717, 1.165) is 51.3 Å². The van der Waals surface area contributed by atoms with E-state index < -0.39 is 0 Å². The standard InChI is InChI=1S/C26H27N3O2S.2ClH/c1-15-28-25-24(19-6-3-4-9-22(19)32-25)26(30)29(15)13-12-20-23-16(14-27-20)10-11-17-18(23)7-5-8-21(17)31-2;;/h3-9,16,20,23,27H,10-14H2,1-2H3;2*1H/t16-,20?,23+;;/m0../s1. The van der Waals surface area contributed by atoms with E-state index in [0.29, 0.717) is 24.4 Å². The molecule has 3 heterocycles. The molecule has 0 amide bonds. The predicted molar refractivity (Wildman–Crippen MR) is 145 cm³/mol. The van der Waals surface area contributed by atoms with Crippen LogP contribution < -0.4 is 15.6 Å². The second kappa shape index (κ2) is 9.86. The smallest absolute Gasteiger partial charge is 0.262 e. The van der Waals surface area contributed by atoms with Crippen molar-refractivity contribution in [2.45, 2.75) is 44.7 Å². The van der Waals surface area contributed by atoms with Gasteiger partial charge in [-0.3, -0.25) is 9.36 Å². The summed E-state index contributed by atoms with van der Waals surface area (Å²) in [5.41, 5.74) is 2.88. The number of halogens is 2. The lowest BCUT2D eigenvalue weighted by molar-refractivity contribution is 0.371. The molecule has 1 aliphatic carbocycles. The summed E-state index contributed by atoms with van der Waals surface area (Å²) < 4.78 is 8.66. The fourth-order valence-corrected chi connectivity index (χ4v) is 7.05. The monoisotopic (exact) mass is 517 g/mol. The Hall–Kier alpha value is -2.12. The van der Waals surface area contributed by atoms with Crippen molar-refractivity contribution in [1.29, 1.82) is 0 Å². The molecule has 180 valence electrons. The first-order valence-corrected chi connectivity index (χ1v) is 12.2. The van der Waals surface area contributed by atoms with Gasteiger partial charge in [0.05, 0.1) is 12.5 Å².